The number of carbonyl (C=O) groups excluding carboxylic acids is 3. The van der Waals surface area contributed by atoms with E-state index in [1.54, 1.807) is 30.3 Å². The van der Waals surface area contributed by atoms with Gasteiger partial charge in [0.25, 0.3) is 0 Å². The molecular weight excluding hydrogens is 488 g/mol. The molecule has 0 aromatic heterocycles. The topological polar surface area (TPSA) is 188 Å². The van der Waals surface area contributed by atoms with Crippen molar-refractivity contribution in [3.8, 4) is 0 Å². The van der Waals surface area contributed by atoms with Crippen molar-refractivity contribution >= 4 is 41.4 Å². The largest absolute Gasteiger partial charge is 0.481 e. The normalized spacial score (nSPS) is 14.2. The second kappa shape index (κ2) is 15.8. The number of carbonyl (C=O) groups is 5. The van der Waals surface area contributed by atoms with E-state index in [0.717, 1.165) is 5.56 Å². The van der Waals surface area contributed by atoms with E-state index in [9.17, 15) is 29.1 Å². The van der Waals surface area contributed by atoms with Gasteiger partial charge in [0.05, 0.1) is 12.5 Å². The van der Waals surface area contributed by atoms with Gasteiger partial charge in [0.2, 0.25) is 17.7 Å². The molecule has 0 spiro atoms. The lowest BCUT2D eigenvalue weighted by Gasteiger charge is -2.26. The van der Waals surface area contributed by atoms with Crippen LogP contribution in [0.15, 0.2) is 30.3 Å². The highest BCUT2D eigenvalue weighted by molar-refractivity contribution is 7.98. The Bertz CT molecular complexity index is 898. The fourth-order valence-corrected chi connectivity index (χ4v) is 3.83. The Hall–Kier alpha value is -3.12. The van der Waals surface area contributed by atoms with Crippen molar-refractivity contribution in [2.45, 2.75) is 63.7 Å². The minimum absolute atomic E-state index is 0.0123. The molecule has 36 heavy (non-hydrogen) atoms. The smallest absolute Gasteiger partial charge is 0.326 e. The quantitative estimate of drug-likeness (QED) is 0.177. The fraction of sp³-hybridized carbons (Fsp3) is 0.542. The molecule has 7 N–H and O–H groups in total. The molecule has 0 radical (unpaired) electrons. The molecule has 4 atom stereocenters. The zero-order valence-electron chi connectivity index (χ0n) is 20.7. The van der Waals surface area contributed by atoms with Gasteiger partial charge in [0, 0.05) is 6.42 Å². The maximum absolute atomic E-state index is 13.2. The van der Waals surface area contributed by atoms with Crippen LogP contribution in [0, 0.1) is 5.92 Å². The summed E-state index contributed by atoms with van der Waals surface area (Å²) in [5.41, 5.74) is 6.37. The Morgan fingerprint density at radius 1 is 0.889 bits per heavy atom. The predicted molar refractivity (Wildman–Crippen MR) is 136 cm³/mol. The van der Waals surface area contributed by atoms with Crippen LogP contribution in [0.5, 0.6) is 0 Å². The molecule has 1 aromatic carbocycles. The van der Waals surface area contributed by atoms with E-state index >= 15 is 0 Å². The van der Waals surface area contributed by atoms with Crippen molar-refractivity contribution in [1.82, 2.24) is 16.0 Å². The summed E-state index contributed by atoms with van der Waals surface area (Å²) in [6, 6.07) is 4.16. The number of aliphatic carboxylic acids is 2. The van der Waals surface area contributed by atoms with E-state index in [-0.39, 0.29) is 25.2 Å². The average molecular weight is 525 g/mol. The van der Waals surface area contributed by atoms with Crippen LogP contribution < -0.4 is 21.7 Å². The standard InChI is InChI=1S/C24H36N4O7S/c1-14(2)11-18(22(32)26-17(24(34)35)9-10-36-3)28-23(33)19(12-15-7-5-4-6-8-15)27-21(31)16(25)13-20(29)30/h4-8,14,16-19H,9-13,25H2,1-3H3,(H,26,32)(H,27,31)(H,28,33)(H,29,30)(H,34,35). The van der Waals surface area contributed by atoms with Gasteiger partial charge in [-0.15, -0.1) is 0 Å². The highest BCUT2D eigenvalue weighted by atomic mass is 32.2. The average Bonchev–Trinajstić information content (AvgIpc) is 2.80. The van der Waals surface area contributed by atoms with Crippen LogP contribution in [0.1, 0.15) is 38.7 Å². The van der Waals surface area contributed by atoms with Crippen molar-refractivity contribution < 1.29 is 34.2 Å². The predicted octanol–water partition coefficient (Wildman–Crippen LogP) is 0.369. The molecule has 12 heteroatoms. The lowest BCUT2D eigenvalue weighted by atomic mass is 10.0. The maximum atomic E-state index is 13.2. The summed E-state index contributed by atoms with van der Waals surface area (Å²) in [6.45, 7) is 3.70. The van der Waals surface area contributed by atoms with E-state index in [2.05, 4.69) is 16.0 Å². The van der Waals surface area contributed by atoms with Gasteiger partial charge in [-0.1, -0.05) is 44.2 Å². The van der Waals surface area contributed by atoms with Gasteiger partial charge < -0.3 is 31.9 Å². The van der Waals surface area contributed by atoms with E-state index in [0.29, 0.717) is 5.75 Å². The van der Waals surface area contributed by atoms with E-state index < -0.39 is 60.2 Å². The molecule has 0 fully saturated rings. The van der Waals surface area contributed by atoms with Gasteiger partial charge in [-0.3, -0.25) is 19.2 Å². The summed E-state index contributed by atoms with van der Waals surface area (Å²) >= 11 is 1.45. The van der Waals surface area contributed by atoms with Gasteiger partial charge in [0.1, 0.15) is 18.1 Å². The van der Waals surface area contributed by atoms with Crippen LogP contribution in [0.4, 0.5) is 0 Å². The zero-order valence-corrected chi connectivity index (χ0v) is 21.5. The molecule has 0 aliphatic rings. The number of amides is 3. The lowest BCUT2D eigenvalue weighted by Crippen LogP contribution is -2.58. The first-order valence-corrected chi connectivity index (χ1v) is 13.0. The van der Waals surface area contributed by atoms with Crippen molar-refractivity contribution in [3.63, 3.8) is 0 Å². The van der Waals surface area contributed by atoms with Crippen LogP contribution >= 0.6 is 11.8 Å². The van der Waals surface area contributed by atoms with Gasteiger partial charge in [-0.05, 0) is 36.3 Å². The number of nitrogens with one attached hydrogen (secondary N) is 3. The van der Waals surface area contributed by atoms with Crippen LogP contribution in [0.2, 0.25) is 0 Å². The second-order valence-electron chi connectivity index (χ2n) is 8.83. The van der Waals surface area contributed by atoms with Crippen molar-refractivity contribution in [1.29, 1.82) is 0 Å². The van der Waals surface area contributed by atoms with Gasteiger partial charge in [0.15, 0.2) is 0 Å². The molecule has 200 valence electrons. The summed E-state index contributed by atoms with van der Waals surface area (Å²) in [5, 5.41) is 26.0. The van der Waals surface area contributed by atoms with Crippen molar-refractivity contribution in [2.75, 3.05) is 12.0 Å². The number of hydrogen-bond acceptors (Lipinski definition) is 7. The molecule has 0 saturated carbocycles. The van der Waals surface area contributed by atoms with Gasteiger partial charge >= 0.3 is 11.9 Å². The maximum Gasteiger partial charge on any atom is 0.326 e. The highest BCUT2D eigenvalue weighted by Gasteiger charge is 2.31. The summed E-state index contributed by atoms with van der Waals surface area (Å²) in [6.07, 6.45) is 1.73. The summed E-state index contributed by atoms with van der Waals surface area (Å²) < 4.78 is 0. The number of rotatable bonds is 16. The first-order valence-electron chi connectivity index (χ1n) is 11.6. The lowest BCUT2D eigenvalue weighted by molar-refractivity contribution is -0.142. The van der Waals surface area contributed by atoms with Gasteiger partial charge in [-0.25, -0.2) is 4.79 Å². The fourth-order valence-electron chi connectivity index (χ4n) is 3.36. The Labute approximate surface area is 215 Å². The molecule has 1 rings (SSSR count). The van der Waals surface area contributed by atoms with Crippen molar-refractivity contribution in [3.05, 3.63) is 35.9 Å². The first kappa shape index (κ1) is 30.9. The van der Waals surface area contributed by atoms with Crippen LogP contribution in [-0.4, -0.2) is 76.0 Å². The van der Waals surface area contributed by atoms with Crippen LogP contribution in [0.25, 0.3) is 0 Å². The minimum atomic E-state index is -1.36. The highest BCUT2D eigenvalue weighted by Crippen LogP contribution is 2.10. The molecule has 0 aliphatic carbocycles. The number of benzene rings is 1. The van der Waals surface area contributed by atoms with E-state index in [1.807, 2.05) is 20.1 Å². The second-order valence-corrected chi connectivity index (χ2v) is 9.81. The number of carboxylic acid groups (broad SMARTS) is 2. The number of carboxylic acids is 2. The van der Waals surface area contributed by atoms with E-state index in [4.69, 9.17) is 10.8 Å². The number of hydrogen-bond donors (Lipinski definition) is 6. The number of thioether (sulfide) groups is 1. The first-order chi connectivity index (χ1) is 16.9. The summed E-state index contributed by atoms with van der Waals surface area (Å²) in [5.74, 6) is -4.05. The Morgan fingerprint density at radius 2 is 1.44 bits per heavy atom. The Kier molecular flexibility index (Phi) is 13.6. The minimum Gasteiger partial charge on any atom is -0.481 e. The van der Waals surface area contributed by atoms with E-state index in [1.165, 1.54) is 11.8 Å². The monoisotopic (exact) mass is 524 g/mol. The molecule has 0 heterocycles. The zero-order chi connectivity index (χ0) is 27.3. The number of nitrogens with two attached hydrogens (primary N) is 1. The summed E-state index contributed by atoms with van der Waals surface area (Å²) in [4.78, 5) is 61.2. The third-order valence-corrected chi connectivity index (χ3v) is 5.86. The molecule has 0 aliphatic heterocycles. The molecule has 11 nitrogen and oxygen atoms in total. The third-order valence-electron chi connectivity index (χ3n) is 5.21. The molecule has 0 bridgehead atoms. The third kappa shape index (κ3) is 11.5. The van der Waals surface area contributed by atoms with Gasteiger partial charge in [-0.2, -0.15) is 11.8 Å². The Morgan fingerprint density at radius 3 is 1.97 bits per heavy atom. The summed E-state index contributed by atoms with van der Waals surface area (Å²) in [7, 11) is 0. The molecule has 0 saturated heterocycles. The molecule has 3 amide bonds. The molecule has 4 unspecified atom stereocenters. The van der Waals surface area contributed by atoms with Crippen LogP contribution in [-0.2, 0) is 30.4 Å². The Balaban J connectivity index is 3.08. The van der Waals surface area contributed by atoms with Crippen LogP contribution in [0.3, 0.4) is 0 Å². The van der Waals surface area contributed by atoms with Crippen molar-refractivity contribution in [2.24, 2.45) is 11.7 Å². The molecule has 1 aromatic rings. The SMILES string of the molecule is CSCCC(NC(=O)C(CC(C)C)NC(=O)C(Cc1ccccc1)NC(=O)C(N)CC(=O)O)C(=O)O. The molecular formula is C24H36N4O7S.